The van der Waals surface area contributed by atoms with Crippen molar-refractivity contribution in [3.8, 4) is 0 Å². The van der Waals surface area contributed by atoms with Gasteiger partial charge in [0.05, 0.1) is 16.1 Å². The number of rotatable bonds is 1. The van der Waals surface area contributed by atoms with Crippen molar-refractivity contribution in [3.05, 3.63) is 19.0 Å². The van der Waals surface area contributed by atoms with Crippen LogP contribution in [-0.2, 0) is 13.0 Å². The summed E-state index contributed by atoms with van der Waals surface area (Å²) in [5, 5.41) is 9.81. The molecule has 1 fully saturated rings. The van der Waals surface area contributed by atoms with Crippen LogP contribution in [0, 0.1) is 0 Å². The maximum absolute atomic E-state index is 9.81. The number of hydrogen-bond donors (Lipinski definition) is 1. The van der Waals surface area contributed by atoms with Gasteiger partial charge in [0.25, 0.3) is 0 Å². The van der Waals surface area contributed by atoms with Crippen LogP contribution in [0.3, 0.4) is 0 Å². The predicted octanol–water partition coefficient (Wildman–Crippen LogP) is 3.84. The maximum Gasteiger partial charge on any atom is 0.206 e. The van der Waals surface area contributed by atoms with Gasteiger partial charge in [-0.3, -0.25) is 0 Å². The summed E-state index contributed by atoms with van der Waals surface area (Å²) in [7, 11) is 0. The molecule has 0 unspecified atom stereocenters. The van der Waals surface area contributed by atoms with Crippen molar-refractivity contribution in [2.24, 2.45) is 0 Å². The molecule has 1 atom stereocenters. The Balaban J connectivity index is 1.99. The van der Waals surface area contributed by atoms with E-state index < -0.39 is 0 Å². The molecule has 0 spiro atoms. The number of halogens is 3. The molecule has 0 amide bonds. The quantitative estimate of drug-likeness (QED) is 0.632. The number of hydrogen-bond acceptors (Lipinski definition) is 3. The first kappa shape index (κ1) is 14.5. The van der Waals surface area contributed by atoms with Crippen LogP contribution in [0.1, 0.15) is 18.4 Å². The first-order chi connectivity index (χ1) is 10.1. The van der Waals surface area contributed by atoms with Crippen molar-refractivity contribution in [3.63, 3.8) is 0 Å². The number of aryl methyl sites for hydroxylation is 2. The van der Waals surface area contributed by atoms with Gasteiger partial charge in [0, 0.05) is 28.6 Å². The molecule has 0 radical (unpaired) electrons. The van der Waals surface area contributed by atoms with Crippen LogP contribution >= 0.6 is 47.8 Å². The molecule has 2 aliphatic heterocycles. The van der Waals surface area contributed by atoms with Crippen molar-refractivity contribution in [1.82, 2.24) is 9.55 Å². The smallest absolute Gasteiger partial charge is 0.206 e. The van der Waals surface area contributed by atoms with E-state index in [9.17, 15) is 5.11 Å². The van der Waals surface area contributed by atoms with Gasteiger partial charge in [-0.05, 0) is 72.6 Å². The van der Waals surface area contributed by atoms with E-state index in [4.69, 9.17) is 4.98 Å². The second-order valence-corrected chi connectivity index (χ2v) is 8.05. The number of aromatic nitrogens is 2. The Bertz CT molecular complexity index is 743. The maximum atomic E-state index is 9.81. The third-order valence-electron chi connectivity index (χ3n) is 4.35. The molecule has 3 heterocycles. The summed E-state index contributed by atoms with van der Waals surface area (Å²) in [5.41, 5.74) is 3.56. The lowest BCUT2D eigenvalue weighted by Crippen LogP contribution is -2.25. The Morgan fingerprint density at radius 3 is 2.62 bits per heavy atom. The van der Waals surface area contributed by atoms with E-state index >= 15 is 0 Å². The van der Waals surface area contributed by atoms with E-state index in [1.807, 2.05) is 0 Å². The van der Waals surface area contributed by atoms with E-state index in [1.54, 1.807) is 0 Å². The fraction of sp³-hybridized carbons (Fsp3) is 0.500. The van der Waals surface area contributed by atoms with Crippen LogP contribution in [-0.4, -0.2) is 33.9 Å². The van der Waals surface area contributed by atoms with Gasteiger partial charge in [0.1, 0.15) is 5.52 Å². The second kappa shape index (κ2) is 5.22. The highest BCUT2D eigenvalue weighted by Gasteiger charge is 2.29. The Hall–Kier alpha value is -0.110. The monoisotopic (exact) mass is 477 g/mol. The molecule has 0 aliphatic carbocycles. The van der Waals surface area contributed by atoms with Crippen molar-refractivity contribution in [2.75, 3.05) is 18.0 Å². The van der Waals surface area contributed by atoms with Crippen LogP contribution < -0.4 is 4.90 Å². The molecular formula is C14H14Br3N3O. The number of anilines is 1. The summed E-state index contributed by atoms with van der Waals surface area (Å²) < 4.78 is 5.46. The van der Waals surface area contributed by atoms with Crippen LogP contribution in [0.4, 0.5) is 5.95 Å². The Labute approximate surface area is 147 Å². The number of nitrogens with zero attached hydrogens (tertiary/aromatic N) is 3. The average Bonchev–Trinajstić information content (AvgIpc) is 3.07. The Morgan fingerprint density at radius 2 is 1.90 bits per heavy atom. The number of β-amino-alcohol motifs (C(OH)–C–C–N with tert-alkyl or cyclic N) is 1. The Kier molecular flexibility index (Phi) is 3.60. The van der Waals surface area contributed by atoms with Gasteiger partial charge in [0.2, 0.25) is 5.95 Å². The molecular weight excluding hydrogens is 466 g/mol. The molecule has 4 nitrogen and oxygen atoms in total. The fourth-order valence-corrected chi connectivity index (χ4v) is 5.11. The number of benzene rings is 1. The summed E-state index contributed by atoms with van der Waals surface area (Å²) in [5.74, 6) is 0.994. The van der Waals surface area contributed by atoms with E-state index in [0.717, 1.165) is 57.2 Å². The lowest BCUT2D eigenvalue weighted by molar-refractivity contribution is 0.198. The van der Waals surface area contributed by atoms with Gasteiger partial charge in [-0.1, -0.05) is 0 Å². The van der Waals surface area contributed by atoms with Crippen molar-refractivity contribution in [2.45, 2.75) is 31.9 Å². The molecule has 1 aromatic carbocycles. The summed E-state index contributed by atoms with van der Waals surface area (Å²) in [4.78, 5) is 7.08. The summed E-state index contributed by atoms with van der Waals surface area (Å²) in [6, 6.07) is 0. The van der Waals surface area contributed by atoms with Gasteiger partial charge in [0.15, 0.2) is 0 Å². The fourth-order valence-electron chi connectivity index (χ4n) is 3.36. The van der Waals surface area contributed by atoms with Crippen molar-refractivity contribution >= 4 is 64.8 Å². The van der Waals surface area contributed by atoms with E-state index in [-0.39, 0.29) is 6.10 Å². The molecule has 2 aliphatic rings. The first-order valence-corrected chi connectivity index (χ1v) is 9.44. The summed E-state index contributed by atoms with van der Waals surface area (Å²) in [6.07, 6.45) is 2.78. The predicted molar refractivity (Wildman–Crippen MR) is 94.0 cm³/mol. The lowest BCUT2D eigenvalue weighted by Gasteiger charge is -2.22. The van der Waals surface area contributed by atoms with Gasteiger partial charge >= 0.3 is 0 Å². The number of aliphatic hydroxyl groups excluding tert-OH is 1. The molecule has 7 heteroatoms. The van der Waals surface area contributed by atoms with Gasteiger partial charge < -0.3 is 14.6 Å². The van der Waals surface area contributed by atoms with E-state index in [1.165, 1.54) is 11.1 Å². The molecule has 112 valence electrons. The van der Waals surface area contributed by atoms with E-state index in [0.29, 0.717) is 6.54 Å². The molecule has 1 saturated heterocycles. The van der Waals surface area contributed by atoms with Gasteiger partial charge in [-0.2, -0.15) is 0 Å². The minimum atomic E-state index is -0.234. The summed E-state index contributed by atoms with van der Waals surface area (Å²) in [6.45, 7) is 2.55. The van der Waals surface area contributed by atoms with Crippen LogP contribution in [0.5, 0.6) is 0 Å². The minimum Gasteiger partial charge on any atom is -0.391 e. The van der Waals surface area contributed by atoms with Gasteiger partial charge in [-0.25, -0.2) is 4.98 Å². The standard InChI is InChI=1S/C14H14Br3N3O/c15-9-8-2-1-4-20-13(8)12(11(17)10(9)16)18-14(20)19-5-3-7(21)6-19/h7,21H,1-6H2/t7-/m0/s1. The minimum absolute atomic E-state index is 0.234. The Morgan fingerprint density at radius 1 is 1.10 bits per heavy atom. The largest absolute Gasteiger partial charge is 0.391 e. The molecule has 1 N–H and O–H groups in total. The van der Waals surface area contributed by atoms with E-state index in [2.05, 4.69) is 57.3 Å². The number of imidazole rings is 1. The highest BCUT2D eigenvalue weighted by Crippen LogP contribution is 2.44. The normalized spacial score (nSPS) is 21.5. The highest BCUT2D eigenvalue weighted by molar-refractivity contribution is 9.14. The van der Waals surface area contributed by atoms with Crippen LogP contribution in [0.25, 0.3) is 11.0 Å². The van der Waals surface area contributed by atoms with Crippen LogP contribution in [0.2, 0.25) is 0 Å². The molecule has 4 rings (SSSR count). The third kappa shape index (κ3) is 2.11. The second-order valence-electron chi connectivity index (χ2n) is 5.67. The molecule has 1 aromatic heterocycles. The molecule has 0 saturated carbocycles. The molecule has 0 bridgehead atoms. The zero-order chi connectivity index (χ0) is 14.7. The molecule has 21 heavy (non-hydrogen) atoms. The zero-order valence-electron chi connectivity index (χ0n) is 11.2. The SMILES string of the molecule is O[C@H]1CCN(c2nc3c(Br)c(Br)c(Br)c4c3n2CCC4)C1. The van der Waals surface area contributed by atoms with Crippen molar-refractivity contribution < 1.29 is 5.11 Å². The molecule has 2 aromatic rings. The number of aliphatic hydroxyl groups is 1. The third-order valence-corrected chi connectivity index (χ3v) is 7.85. The van der Waals surface area contributed by atoms with Crippen molar-refractivity contribution in [1.29, 1.82) is 0 Å². The zero-order valence-corrected chi connectivity index (χ0v) is 16.0. The highest BCUT2D eigenvalue weighted by atomic mass is 79.9. The average molecular weight is 480 g/mol. The lowest BCUT2D eigenvalue weighted by atomic mass is 10.0. The topological polar surface area (TPSA) is 41.3 Å². The van der Waals surface area contributed by atoms with Gasteiger partial charge in [-0.15, -0.1) is 0 Å². The van der Waals surface area contributed by atoms with Crippen LogP contribution in [0.15, 0.2) is 13.4 Å². The first-order valence-electron chi connectivity index (χ1n) is 7.06. The summed E-state index contributed by atoms with van der Waals surface area (Å²) >= 11 is 11.0.